The van der Waals surface area contributed by atoms with Gasteiger partial charge in [-0.05, 0) is 34.5 Å². The lowest BCUT2D eigenvalue weighted by Gasteiger charge is -2.02. The molecule has 1 aromatic heterocycles. The molecule has 0 N–H and O–H groups in total. The summed E-state index contributed by atoms with van der Waals surface area (Å²) in [6.07, 6.45) is 4.62. The monoisotopic (exact) mass is 285 g/mol. The highest BCUT2D eigenvalue weighted by Crippen LogP contribution is 2.20. The predicted molar refractivity (Wildman–Crippen MR) is 64.2 cm³/mol. The molecule has 0 bridgehead atoms. The Hall–Kier alpha value is -1.36. The van der Waals surface area contributed by atoms with Crippen LogP contribution in [0.1, 0.15) is 12.5 Å². The summed E-state index contributed by atoms with van der Waals surface area (Å²) < 4.78 is 10.5. The maximum Gasteiger partial charge on any atom is 0.330 e. The molecule has 0 atom stereocenters. The number of ether oxygens (including phenoxy) is 2. The second kappa shape index (κ2) is 6.27. The Morgan fingerprint density at radius 2 is 2.38 bits per heavy atom. The highest BCUT2D eigenvalue weighted by Gasteiger charge is 2.01. The van der Waals surface area contributed by atoms with Gasteiger partial charge in [0, 0.05) is 22.8 Å². The van der Waals surface area contributed by atoms with E-state index < -0.39 is 0 Å². The minimum absolute atomic E-state index is 0.365. The number of rotatable bonds is 4. The molecule has 5 heteroatoms. The molecule has 0 aliphatic carbocycles. The van der Waals surface area contributed by atoms with E-state index in [-0.39, 0.29) is 5.97 Å². The molecule has 4 nitrogen and oxygen atoms in total. The van der Waals surface area contributed by atoms with Crippen LogP contribution >= 0.6 is 15.9 Å². The molecule has 0 fully saturated rings. The SMILES string of the molecule is CCOC(=O)C=Cc1cc(OC)ncc1Br. The van der Waals surface area contributed by atoms with E-state index in [4.69, 9.17) is 9.47 Å². The standard InChI is InChI=1S/C11H12BrNO3/c1-3-16-11(14)5-4-8-6-10(15-2)13-7-9(8)12/h4-7H,3H2,1-2H3. The van der Waals surface area contributed by atoms with Crippen LogP contribution in [0, 0.1) is 0 Å². The summed E-state index contributed by atoms with van der Waals surface area (Å²) in [5.41, 5.74) is 0.805. The molecule has 0 radical (unpaired) electrons. The number of pyridine rings is 1. The van der Waals surface area contributed by atoms with Crippen LogP contribution in [0.3, 0.4) is 0 Å². The lowest BCUT2D eigenvalue weighted by atomic mass is 10.2. The fourth-order valence-electron chi connectivity index (χ4n) is 1.02. The highest BCUT2D eigenvalue weighted by molar-refractivity contribution is 9.10. The van der Waals surface area contributed by atoms with Gasteiger partial charge in [-0.1, -0.05) is 0 Å². The molecule has 0 aliphatic rings. The summed E-state index contributed by atoms with van der Waals surface area (Å²) in [6, 6.07) is 1.72. The second-order valence-corrected chi connectivity index (χ2v) is 3.69. The van der Waals surface area contributed by atoms with Crippen LogP contribution in [-0.4, -0.2) is 24.7 Å². The van der Waals surface area contributed by atoms with Crippen molar-refractivity contribution in [1.82, 2.24) is 4.98 Å². The van der Waals surface area contributed by atoms with Gasteiger partial charge in [0.15, 0.2) is 0 Å². The summed E-state index contributed by atoms with van der Waals surface area (Å²) in [5, 5.41) is 0. The van der Waals surface area contributed by atoms with E-state index in [9.17, 15) is 4.79 Å². The van der Waals surface area contributed by atoms with Crippen LogP contribution in [0.15, 0.2) is 22.8 Å². The highest BCUT2D eigenvalue weighted by atomic mass is 79.9. The van der Waals surface area contributed by atoms with Gasteiger partial charge in [0.2, 0.25) is 5.88 Å². The van der Waals surface area contributed by atoms with Gasteiger partial charge in [0.25, 0.3) is 0 Å². The lowest BCUT2D eigenvalue weighted by molar-refractivity contribution is -0.137. The van der Waals surface area contributed by atoms with E-state index in [2.05, 4.69) is 20.9 Å². The molecule has 0 unspecified atom stereocenters. The molecule has 86 valence electrons. The fourth-order valence-corrected chi connectivity index (χ4v) is 1.37. The molecule has 0 saturated carbocycles. The number of esters is 1. The Kier molecular flexibility index (Phi) is 4.98. The van der Waals surface area contributed by atoms with Crippen LogP contribution in [0.5, 0.6) is 5.88 Å². The molecule has 1 rings (SSSR count). The van der Waals surface area contributed by atoms with Crippen molar-refractivity contribution in [2.24, 2.45) is 0 Å². The fraction of sp³-hybridized carbons (Fsp3) is 0.273. The van der Waals surface area contributed by atoms with Crippen molar-refractivity contribution in [1.29, 1.82) is 0 Å². The largest absolute Gasteiger partial charge is 0.481 e. The average molecular weight is 286 g/mol. The first kappa shape index (κ1) is 12.7. The van der Waals surface area contributed by atoms with Gasteiger partial charge < -0.3 is 9.47 Å². The topological polar surface area (TPSA) is 48.4 Å². The molecular weight excluding hydrogens is 274 g/mol. The third-order valence-electron chi connectivity index (χ3n) is 1.75. The zero-order valence-corrected chi connectivity index (χ0v) is 10.7. The third kappa shape index (κ3) is 3.66. The van der Waals surface area contributed by atoms with Crippen molar-refractivity contribution >= 4 is 28.0 Å². The number of carbonyl (C=O) groups is 1. The van der Waals surface area contributed by atoms with Crippen molar-refractivity contribution in [3.63, 3.8) is 0 Å². The van der Waals surface area contributed by atoms with Crippen molar-refractivity contribution in [2.45, 2.75) is 6.92 Å². The molecule has 0 aromatic carbocycles. The zero-order chi connectivity index (χ0) is 12.0. The summed E-state index contributed by atoms with van der Waals surface area (Å²) in [6.45, 7) is 2.13. The molecule has 0 aliphatic heterocycles. The maximum absolute atomic E-state index is 11.1. The summed E-state index contributed by atoms with van der Waals surface area (Å²) in [7, 11) is 1.54. The lowest BCUT2D eigenvalue weighted by Crippen LogP contribution is -1.98. The Morgan fingerprint density at radius 1 is 1.62 bits per heavy atom. The van der Waals surface area contributed by atoms with E-state index in [0.717, 1.165) is 10.0 Å². The van der Waals surface area contributed by atoms with E-state index in [1.807, 2.05) is 0 Å². The zero-order valence-electron chi connectivity index (χ0n) is 9.07. The quantitative estimate of drug-likeness (QED) is 0.630. The Labute approximate surface area is 102 Å². The van der Waals surface area contributed by atoms with Crippen LogP contribution in [0.2, 0.25) is 0 Å². The van der Waals surface area contributed by atoms with E-state index >= 15 is 0 Å². The Bertz CT molecular complexity index is 404. The molecule has 1 aromatic rings. The van der Waals surface area contributed by atoms with Gasteiger partial charge >= 0.3 is 5.97 Å². The van der Waals surface area contributed by atoms with Crippen molar-refractivity contribution in [2.75, 3.05) is 13.7 Å². The number of methoxy groups -OCH3 is 1. The minimum Gasteiger partial charge on any atom is -0.481 e. The number of hydrogen-bond donors (Lipinski definition) is 0. The number of nitrogens with zero attached hydrogens (tertiary/aromatic N) is 1. The first-order valence-electron chi connectivity index (χ1n) is 4.71. The summed E-state index contributed by atoms with van der Waals surface area (Å²) in [5.74, 6) is 0.122. The molecule has 0 spiro atoms. The van der Waals surface area contributed by atoms with Crippen molar-refractivity contribution in [3.8, 4) is 5.88 Å². The van der Waals surface area contributed by atoms with Gasteiger partial charge in [-0.3, -0.25) is 0 Å². The molecule has 0 saturated heterocycles. The number of aromatic nitrogens is 1. The van der Waals surface area contributed by atoms with Crippen LogP contribution in [0.4, 0.5) is 0 Å². The van der Waals surface area contributed by atoms with Crippen LogP contribution in [-0.2, 0) is 9.53 Å². The smallest absolute Gasteiger partial charge is 0.330 e. The van der Waals surface area contributed by atoms with Crippen molar-refractivity contribution < 1.29 is 14.3 Å². The first-order chi connectivity index (χ1) is 7.67. The van der Waals surface area contributed by atoms with Crippen LogP contribution < -0.4 is 4.74 Å². The van der Waals surface area contributed by atoms with Gasteiger partial charge in [-0.2, -0.15) is 0 Å². The first-order valence-corrected chi connectivity index (χ1v) is 5.51. The van der Waals surface area contributed by atoms with E-state index in [1.165, 1.54) is 13.2 Å². The predicted octanol–water partition coefficient (Wildman–Crippen LogP) is 2.43. The second-order valence-electron chi connectivity index (χ2n) is 2.83. The van der Waals surface area contributed by atoms with E-state index in [0.29, 0.717) is 12.5 Å². The third-order valence-corrected chi connectivity index (χ3v) is 2.42. The molecule has 16 heavy (non-hydrogen) atoms. The average Bonchev–Trinajstić information content (AvgIpc) is 2.28. The Balaban J connectivity index is 2.83. The summed E-state index contributed by atoms with van der Waals surface area (Å²) >= 11 is 3.33. The molecular formula is C11H12BrNO3. The normalized spacial score (nSPS) is 10.4. The van der Waals surface area contributed by atoms with Gasteiger partial charge in [-0.15, -0.1) is 0 Å². The number of hydrogen-bond acceptors (Lipinski definition) is 4. The van der Waals surface area contributed by atoms with Crippen molar-refractivity contribution in [3.05, 3.63) is 28.4 Å². The number of halogens is 1. The molecule has 1 heterocycles. The molecule has 0 amide bonds. The summed E-state index contributed by atoms with van der Waals surface area (Å²) in [4.78, 5) is 15.1. The van der Waals surface area contributed by atoms with Crippen LogP contribution in [0.25, 0.3) is 6.08 Å². The van der Waals surface area contributed by atoms with Gasteiger partial charge in [0.05, 0.1) is 13.7 Å². The minimum atomic E-state index is -0.370. The van der Waals surface area contributed by atoms with Gasteiger partial charge in [-0.25, -0.2) is 9.78 Å². The van der Waals surface area contributed by atoms with E-state index in [1.54, 1.807) is 25.3 Å². The maximum atomic E-state index is 11.1. The van der Waals surface area contributed by atoms with Gasteiger partial charge in [0.1, 0.15) is 0 Å². The Morgan fingerprint density at radius 3 is 3.00 bits per heavy atom. The number of carbonyl (C=O) groups excluding carboxylic acids is 1.